The number of thioether (sulfide) groups is 1. The Balaban J connectivity index is 1.85. The van der Waals surface area contributed by atoms with E-state index < -0.39 is 10.9 Å². The summed E-state index contributed by atoms with van der Waals surface area (Å²) < 4.78 is 9.79. The number of nitro groups is 1. The molecule has 0 radical (unpaired) electrons. The van der Waals surface area contributed by atoms with Crippen LogP contribution in [0, 0.1) is 10.1 Å². The lowest BCUT2D eigenvalue weighted by Crippen LogP contribution is -2.14. The second-order valence-electron chi connectivity index (χ2n) is 5.06. The number of methoxy groups -OCH3 is 1. The van der Waals surface area contributed by atoms with E-state index in [1.807, 2.05) is 0 Å². The van der Waals surface area contributed by atoms with Gasteiger partial charge >= 0.3 is 11.7 Å². The molecule has 0 aliphatic rings. The summed E-state index contributed by atoms with van der Waals surface area (Å²) in [5.41, 5.74) is 0.740. The van der Waals surface area contributed by atoms with Gasteiger partial charge in [0.15, 0.2) is 16.6 Å². The molecule has 0 atom stereocenters. The van der Waals surface area contributed by atoms with Gasteiger partial charge in [-0.25, -0.2) is 9.78 Å². The number of nitrogens with zero attached hydrogens (tertiary/aromatic N) is 2. The number of amides is 1. The van der Waals surface area contributed by atoms with Crippen LogP contribution in [0.1, 0.15) is 23.0 Å². The third-order valence-electron chi connectivity index (χ3n) is 3.18. The number of nitrogens with one attached hydrogen (secondary N) is 1. The third kappa shape index (κ3) is 5.93. The summed E-state index contributed by atoms with van der Waals surface area (Å²) in [6.45, 7) is 1.94. The average Bonchev–Trinajstić information content (AvgIpc) is 3.10. The topological polar surface area (TPSA) is 121 Å². The minimum atomic E-state index is -0.537. The molecule has 144 valence electrons. The summed E-state index contributed by atoms with van der Waals surface area (Å²) in [7, 11) is 1.37. The minimum absolute atomic E-state index is 0.116. The van der Waals surface area contributed by atoms with E-state index in [4.69, 9.17) is 9.47 Å². The number of carbonyl (C=O) groups excluding carboxylic acids is 2. The van der Waals surface area contributed by atoms with E-state index in [0.29, 0.717) is 16.4 Å². The molecule has 0 bridgehead atoms. The van der Waals surface area contributed by atoms with Gasteiger partial charge in [0.2, 0.25) is 5.91 Å². The molecule has 1 aromatic heterocycles. The van der Waals surface area contributed by atoms with Gasteiger partial charge in [0.05, 0.1) is 24.4 Å². The Morgan fingerprint density at radius 2 is 2.19 bits per heavy atom. The highest BCUT2D eigenvalue weighted by Crippen LogP contribution is 2.29. The van der Waals surface area contributed by atoms with E-state index >= 15 is 0 Å². The van der Waals surface area contributed by atoms with Crippen LogP contribution in [0.15, 0.2) is 23.6 Å². The molecule has 2 aromatic rings. The van der Waals surface area contributed by atoms with Gasteiger partial charge in [-0.1, -0.05) is 6.07 Å². The van der Waals surface area contributed by atoms with Gasteiger partial charge in [-0.05, 0) is 18.6 Å². The van der Waals surface area contributed by atoms with Gasteiger partial charge < -0.3 is 14.8 Å². The smallest absolute Gasteiger partial charge is 0.357 e. The van der Waals surface area contributed by atoms with Gasteiger partial charge in [-0.3, -0.25) is 14.9 Å². The molecule has 0 unspecified atom stereocenters. The molecule has 27 heavy (non-hydrogen) atoms. The van der Waals surface area contributed by atoms with Crippen LogP contribution < -0.4 is 10.1 Å². The van der Waals surface area contributed by atoms with Crippen molar-refractivity contribution in [3.8, 4) is 5.75 Å². The fraction of sp³-hybridized carbons (Fsp3) is 0.312. The van der Waals surface area contributed by atoms with Crippen molar-refractivity contribution in [2.24, 2.45) is 0 Å². The molecule has 0 saturated heterocycles. The predicted octanol–water partition coefficient (Wildman–Crippen LogP) is 3.11. The Kier molecular flexibility index (Phi) is 7.55. The number of benzene rings is 1. The van der Waals surface area contributed by atoms with Gasteiger partial charge in [0.1, 0.15) is 0 Å². The Labute approximate surface area is 163 Å². The maximum atomic E-state index is 12.0. The highest BCUT2D eigenvalue weighted by atomic mass is 32.2. The molecule has 2 rings (SSSR count). The lowest BCUT2D eigenvalue weighted by molar-refractivity contribution is -0.385. The van der Waals surface area contributed by atoms with Crippen LogP contribution in [-0.4, -0.2) is 41.3 Å². The Hall–Kier alpha value is -2.66. The molecule has 0 saturated carbocycles. The van der Waals surface area contributed by atoms with Gasteiger partial charge in [0, 0.05) is 17.2 Å². The van der Waals surface area contributed by atoms with Crippen LogP contribution in [-0.2, 0) is 15.3 Å². The summed E-state index contributed by atoms with van der Waals surface area (Å²) in [5.74, 6) is -0.0802. The molecule has 1 N–H and O–H groups in total. The zero-order valence-electron chi connectivity index (χ0n) is 14.6. The van der Waals surface area contributed by atoms with Crippen LogP contribution in [0.25, 0.3) is 0 Å². The predicted molar refractivity (Wildman–Crippen MR) is 103 cm³/mol. The van der Waals surface area contributed by atoms with E-state index in [2.05, 4.69) is 10.3 Å². The zero-order valence-corrected chi connectivity index (χ0v) is 16.2. The molecule has 11 heteroatoms. The number of rotatable bonds is 9. The number of hydrogen-bond acceptors (Lipinski definition) is 9. The molecule has 0 aliphatic heterocycles. The second kappa shape index (κ2) is 9.88. The largest absolute Gasteiger partial charge is 0.490 e. The molecule has 0 spiro atoms. The van der Waals surface area contributed by atoms with Crippen molar-refractivity contribution in [3.05, 3.63) is 45.0 Å². The molecule has 0 fully saturated rings. The van der Waals surface area contributed by atoms with Crippen LogP contribution >= 0.6 is 23.1 Å². The second-order valence-corrected chi connectivity index (χ2v) is 6.91. The zero-order chi connectivity index (χ0) is 19.8. The monoisotopic (exact) mass is 411 g/mol. The fourth-order valence-electron chi connectivity index (χ4n) is 2.01. The highest BCUT2D eigenvalue weighted by molar-refractivity contribution is 7.99. The standard InChI is InChI=1S/C16H17N3O6S2/c1-3-25-15(21)11-8-27-16(17-11)18-14(20)9-26-7-10-4-5-13(24-2)12(6-10)19(22)23/h4-6,8H,3,7,9H2,1-2H3,(H,17,18,20). The number of anilines is 1. The first-order chi connectivity index (χ1) is 12.9. The molecular weight excluding hydrogens is 394 g/mol. The molecule has 1 amide bonds. The first kappa shape index (κ1) is 20.6. The Bertz CT molecular complexity index is 839. The SMILES string of the molecule is CCOC(=O)c1csc(NC(=O)CSCc2ccc(OC)c([N+](=O)[O-])c2)n1. The lowest BCUT2D eigenvalue weighted by Gasteiger charge is -2.05. The maximum absolute atomic E-state index is 12.0. The van der Waals surface area contributed by atoms with Crippen molar-refractivity contribution >= 4 is 45.8 Å². The molecular formula is C16H17N3O6S2. The summed E-state index contributed by atoms with van der Waals surface area (Å²) in [6, 6.07) is 4.67. The molecule has 1 aromatic carbocycles. The fourth-order valence-corrected chi connectivity index (χ4v) is 3.49. The van der Waals surface area contributed by atoms with Crippen molar-refractivity contribution in [2.45, 2.75) is 12.7 Å². The van der Waals surface area contributed by atoms with Gasteiger partial charge in [-0.15, -0.1) is 23.1 Å². The van der Waals surface area contributed by atoms with Crippen molar-refractivity contribution < 1.29 is 24.0 Å². The van der Waals surface area contributed by atoms with Crippen LogP contribution in [0.3, 0.4) is 0 Å². The highest BCUT2D eigenvalue weighted by Gasteiger charge is 2.16. The summed E-state index contributed by atoms with van der Waals surface area (Å²) in [6.07, 6.45) is 0. The first-order valence-corrected chi connectivity index (χ1v) is 9.79. The minimum Gasteiger partial charge on any atom is -0.490 e. The quantitative estimate of drug-likeness (QED) is 0.380. The van der Waals surface area contributed by atoms with Gasteiger partial charge in [0.25, 0.3) is 0 Å². The van der Waals surface area contributed by atoms with E-state index in [-0.39, 0.29) is 35.4 Å². The van der Waals surface area contributed by atoms with E-state index in [1.165, 1.54) is 36.4 Å². The van der Waals surface area contributed by atoms with Crippen molar-refractivity contribution in [3.63, 3.8) is 0 Å². The number of nitro benzene ring substituents is 1. The Morgan fingerprint density at radius 1 is 1.41 bits per heavy atom. The number of carbonyl (C=O) groups is 2. The summed E-state index contributed by atoms with van der Waals surface area (Å²) >= 11 is 2.43. The maximum Gasteiger partial charge on any atom is 0.357 e. The molecule has 9 nitrogen and oxygen atoms in total. The number of aromatic nitrogens is 1. The molecule has 0 aliphatic carbocycles. The number of esters is 1. The number of thiazole rings is 1. The van der Waals surface area contributed by atoms with Crippen molar-refractivity contribution in [2.75, 3.05) is 24.8 Å². The third-order valence-corrected chi connectivity index (χ3v) is 4.94. The molecule has 1 heterocycles. The first-order valence-electron chi connectivity index (χ1n) is 7.76. The van der Waals surface area contributed by atoms with Crippen LogP contribution in [0.5, 0.6) is 5.75 Å². The van der Waals surface area contributed by atoms with Crippen LogP contribution in [0.4, 0.5) is 10.8 Å². The van der Waals surface area contributed by atoms with Crippen molar-refractivity contribution in [1.29, 1.82) is 0 Å². The van der Waals surface area contributed by atoms with E-state index in [1.54, 1.807) is 13.0 Å². The Morgan fingerprint density at radius 3 is 2.85 bits per heavy atom. The summed E-state index contributed by atoms with van der Waals surface area (Å²) in [4.78, 5) is 38.0. The number of ether oxygens (including phenoxy) is 2. The van der Waals surface area contributed by atoms with Crippen LogP contribution in [0.2, 0.25) is 0 Å². The average molecular weight is 411 g/mol. The van der Waals surface area contributed by atoms with E-state index in [9.17, 15) is 19.7 Å². The van der Waals surface area contributed by atoms with Crippen molar-refractivity contribution in [1.82, 2.24) is 4.98 Å². The number of hydrogen-bond donors (Lipinski definition) is 1. The van der Waals surface area contributed by atoms with Gasteiger partial charge in [-0.2, -0.15) is 0 Å². The normalized spacial score (nSPS) is 10.3. The lowest BCUT2D eigenvalue weighted by atomic mass is 10.2. The van der Waals surface area contributed by atoms with E-state index in [0.717, 1.165) is 11.3 Å². The summed E-state index contributed by atoms with van der Waals surface area (Å²) in [5, 5.41) is 15.5.